The summed E-state index contributed by atoms with van der Waals surface area (Å²) in [6.07, 6.45) is 0.891. The van der Waals surface area contributed by atoms with Gasteiger partial charge in [0.1, 0.15) is 0 Å². The van der Waals surface area contributed by atoms with Crippen molar-refractivity contribution in [3.05, 3.63) is 0 Å². The fourth-order valence-electron chi connectivity index (χ4n) is 0.894. The van der Waals surface area contributed by atoms with Crippen molar-refractivity contribution in [2.75, 3.05) is 24.6 Å². The fourth-order valence-corrected chi connectivity index (χ4v) is 2.18. The molecule has 0 radical (unpaired) electrons. The monoisotopic (exact) mass is 148 g/mol. The Morgan fingerprint density at radius 3 is 2.89 bits per heavy atom. The van der Waals surface area contributed by atoms with Crippen molar-refractivity contribution in [1.29, 1.82) is 4.78 Å². The minimum atomic E-state index is -2.18. The van der Waals surface area contributed by atoms with Gasteiger partial charge in [0.15, 0.2) is 0 Å². The molecule has 0 spiro atoms. The smallest absolute Gasteiger partial charge is 0.0454 e. The lowest BCUT2D eigenvalue weighted by Gasteiger charge is -1.97. The van der Waals surface area contributed by atoms with Crippen molar-refractivity contribution in [2.45, 2.75) is 6.42 Å². The summed E-state index contributed by atoms with van der Waals surface area (Å²) in [5.41, 5.74) is 0. The van der Waals surface area contributed by atoms with Crippen LogP contribution in [0.5, 0.6) is 0 Å². The van der Waals surface area contributed by atoms with Gasteiger partial charge in [0, 0.05) is 27.8 Å². The first-order valence-electron chi connectivity index (χ1n) is 3.16. The minimum Gasteiger partial charge on any atom is -0.316 e. The van der Waals surface area contributed by atoms with E-state index in [-0.39, 0.29) is 0 Å². The molecule has 1 atom stereocenters. The lowest BCUT2D eigenvalue weighted by atomic mass is 10.5. The van der Waals surface area contributed by atoms with Gasteiger partial charge in [0.25, 0.3) is 0 Å². The summed E-state index contributed by atoms with van der Waals surface area (Å²) in [5.74, 6) is 1.12. The van der Waals surface area contributed by atoms with Crippen molar-refractivity contribution in [1.82, 2.24) is 5.32 Å². The molecule has 9 heavy (non-hydrogen) atoms. The second kappa shape index (κ2) is 2.66. The Balaban J connectivity index is 2.56. The molecule has 3 nitrogen and oxygen atoms in total. The molecule has 1 saturated heterocycles. The second-order valence-electron chi connectivity index (χ2n) is 2.32. The van der Waals surface area contributed by atoms with Crippen LogP contribution >= 0.6 is 0 Å². The van der Waals surface area contributed by atoms with Gasteiger partial charge in [-0.05, 0) is 13.0 Å². The van der Waals surface area contributed by atoms with Crippen LogP contribution < -0.4 is 5.32 Å². The maximum absolute atomic E-state index is 11.1. The standard InChI is InChI=1S/C5H12N2OS/c6-9(8)4-1-2-7-3-5-9/h6-7H,1-5H2. The summed E-state index contributed by atoms with van der Waals surface area (Å²) in [4.78, 5) is 0. The largest absolute Gasteiger partial charge is 0.316 e. The Bertz CT molecular complexity index is 159. The van der Waals surface area contributed by atoms with Gasteiger partial charge in [-0.3, -0.25) is 4.78 Å². The highest BCUT2D eigenvalue weighted by atomic mass is 32.2. The average Bonchev–Trinajstić information content (AvgIpc) is 1.92. The van der Waals surface area contributed by atoms with Crippen LogP contribution in [-0.4, -0.2) is 28.8 Å². The van der Waals surface area contributed by atoms with Crippen LogP contribution in [0.3, 0.4) is 0 Å². The molecule has 1 fully saturated rings. The molecule has 1 aliphatic rings. The highest BCUT2D eigenvalue weighted by Crippen LogP contribution is 1.97. The number of hydrogen-bond acceptors (Lipinski definition) is 3. The first-order valence-corrected chi connectivity index (χ1v) is 5.05. The molecule has 1 unspecified atom stereocenters. The van der Waals surface area contributed by atoms with Gasteiger partial charge < -0.3 is 5.32 Å². The maximum atomic E-state index is 11.1. The maximum Gasteiger partial charge on any atom is 0.0454 e. The van der Waals surface area contributed by atoms with E-state index in [0.29, 0.717) is 11.5 Å². The summed E-state index contributed by atoms with van der Waals surface area (Å²) in [7, 11) is -2.18. The van der Waals surface area contributed by atoms with E-state index in [1.54, 1.807) is 0 Å². The van der Waals surface area contributed by atoms with Gasteiger partial charge >= 0.3 is 0 Å². The number of hydrogen-bond donors (Lipinski definition) is 2. The predicted octanol–water partition coefficient (Wildman–Crippen LogP) is 0.0265. The van der Waals surface area contributed by atoms with E-state index in [9.17, 15) is 4.21 Å². The molecular formula is C5H12N2OS. The van der Waals surface area contributed by atoms with Gasteiger partial charge in [-0.2, -0.15) is 0 Å². The Hall–Kier alpha value is -0.0900. The summed E-state index contributed by atoms with van der Waals surface area (Å²) in [5, 5.41) is 3.10. The molecule has 0 bridgehead atoms. The van der Waals surface area contributed by atoms with E-state index < -0.39 is 9.73 Å². The highest BCUT2D eigenvalue weighted by molar-refractivity contribution is 7.92. The molecular weight excluding hydrogens is 136 g/mol. The molecule has 0 aromatic carbocycles. The summed E-state index contributed by atoms with van der Waals surface area (Å²) < 4.78 is 18.3. The van der Waals surface area contributed by atoms with Gasteiger partial charge in [0.2, 0.25) is 0 Å². The summed E-state index contributed by atoms with van der Waals surface area (Å²) in [6.45, 7) is 1.68. The minimum absolute atomic E-state index is 0.535. The van der Waals surface area contributed by atoms with E-state index in [0.717, 1.165) is 19.5 Å². The van der Waals surface area contributed by atoms with Crippen LogP contribution in [0.4, 0.5) is 0 Å². The van der Waals surface area contributed by atoms with Gasteiger partial charge in [-0.25, -0.2) is 4.21 Å². The van der Waals surface area contributed by atoms with Crippen LogP contribution in [0.2, 0.25) is 0 Å². The van der Waals surface area contributed by atoms with Gasteiger partial charge in [-0.1, -0.05) is 0 Å². The number of nitrogens with one attached hydrogen (secondary N) is 2. The lowest BCUT2D eigenvalue weighted by molar-refractivity contribution is 0.675. The molecule has 1 heterocycles. The van der Waals surface area contributed by atoms with Crippen molar-refractivity contribution >= 4 is 9.73 Å². The van der Waals surface area contributed by atoms with E-state index in [1.807, 2.05) is 0 Å². The third-order valence-corrected chi connectivity index (χ3v) is 3.25. The summed E-state index contributed by atoms with van der Waals surface area (Å²) >= 11 is 0. The molecule has 2 N–H and O–H groups in total. The zero-order chi connectivity index (χ0) is 6.74. The molecule has 0 saturated carbocycles. The van der Waals surface area contributed by atoms with Gasteiger partial charge in [0.05, 0.1) is 0 Å². The first kappa shape index (κ1) is 7.02. The SMILES string of the molecule is N=S1(=O)CCCNCC1. The van der Waals surface area contributed by atoms with Gasteiger partial charge in [-0.15, -0.1) is 0 Å². The van der Waals surface area contributed by atoms with Crippen LogP contribution in [0.15, 0.2) is 0 Å². The van der Waals surface area contributed by atoms with Crippen LogP contribution in [0.25, 0.3) is 0 Å². The molecule has 4 heteroatoms. The normalized spacial score (nSPS) is 37.8. The first-order chi connectivity index (χ1) is 4.21. The zero-order valence-electron chi connectivity index (χ0n) is 5.35. The summed E-state index contributed by atoms with van der Waals surface area (Å²) in [6, 6.07) is 0. The molecule has 1 rings (SSSR count). The van der Waals surface area contributed by atoms with E-state index in [4.69, 9.17) is 4.78 Å². The Kier molecular flexibility index (Phi) is 2.08. The van der Waals surface area contributed by atoms with Crippen molar-refractivity contribution < 1.29 is 4.21 Å². The van der Waals surface area contributed by atoms with Crippen molar-refractivity contribution in [2.24, 2.45) is 0 Å². The Morgan fingerprint density at radius 1 is 1.33 bits per heavy atom. The quantitative estimate of drug-likeness (QED) is 0.509. The zero-order valence-corrected chi connectivity index (χ0v) is 6.17. The third-order valence-electron chi connectivity index (χ3n) is 1.44. The molecule has 1 aliphatic heterocycles. The topological polar surface area (TPSA) is 53.0 Å². The third kappa shape index (κ3) is 2.32. The predicted molar refractivity (Wildman–Crippen MR) is 38.1 cm³/mol. The average molecular weight is 148 g/mol. The molecule has 0 aliphatic carbocycles. The molecule has 0 aromatic rings. The molecule has 0 amide bonds. The van der Waals surface area contributed by atoms with Crippen LogP contribution in [0.1, 0.15) is 6.42 Å². The second-order valence-corrected chi connectivity index (χ2v) is 4.76. The molecule has 0 aromatic heterocycles. The van der Waals surface area contributed by atoms with E-state index >= 15 is 0 Å². The Labute approximate surface area is 55.8 Å². The fraction of sp³-hybridized carbons (Fsp3) is 1.00. The number of rotatable bonds is 0. The van der Waals surface area contributed by atoms with E-state index in [2.05, 4.69) is 5.32 Å². The van der Waals surface area contributed by atoms with Crippen LogP contribution in [0, 0.1) is 4.78 Å². The van der Waals surface area contributed by atoms with Crippen molar-refractivity contribution in [3.63, 3.8) is 0 Å². The van der Waals surface area contributed by atoms with Crippen molar-refractivity contribution in [3.8, 4) is 0 Å². The Morgan fingerprint density at radius 2 is 2.11 bits per heavy atom. The molecule has 54 valence electrons. The lowest BCUT2D eigenvalue weighted by Crippen LogP contribution is -2.17. The van der Waals surface area contributed by atoms with Crippen LogP contribution in [-0.2, 0) is 9.73 Å². The highest BCUT2D eigenvalue weighted by Gasteiger charge is 2.08. The van der Waals surface area contributed by atoms with E-state index in [1.165, 1.54) is 0 Å².